The molecule has 1 unspecified atom stereocenters. The first-order valence-electron chi connectivity index (χ1n) is 4.98. The van der Waals surface area contributed by atoms with Crippen LogP contribution in [0, 0.1) is 11.5 Å². The molecule has 0 saturated carbocycles. The third-order valence-corrected chi connectivity index (χ3v) is 2.29. The number of nitriles is 1. The third-order valence-electron chi connectivity index (χ3n) is 2.29. The molecule has 0 heterocycles. The van der Waals surface area contributed by atoms with Crippen LogP contribution in [0.1, 0.15) is 12.5 Å². The van der Waals surface area contributed by atoms with E-state index in [4.69, 9.17) is 10.00 Å². The zero-order chi connectivity index (χ0) is 11.1. The summed E-state index contributed by atoms with van der Waals surface area (Å²) in [4.78, 5) is 1.59. The van der Waals surface area contributed by atoms with Crippen molar-refractivity contribution in [1.29, 1.82) is 5.26 Å². The van der Waals surface area contributed by atoms with E-state index < -0.39 is 0 Å². The van der Waals surface area contributed by atoms with E-state index in [0.29, 0.717) is 13.2 Å². The van der Waals surface area contributed by atoms with Crippen molar-refractivity contribution in [2.75, 3.05) is 13.7 Å². The molecule has 0 fully saturated rings. The molecule has 80 valence electrons. The van der Waals surface area contributed by atoms with Crippen LogP contribution in [0.4, 0.5) is 0 Å². The first-order valence-corrected chi connectivity index (χ1v) is 4.98. The van der Waals surface area contributed by atoms with E-state index in [0.717, 1.165) is 5.56 Å². The molecular formula is C12H16N2O. The van der Waals surface area contributed by atoms with Gasteiger partial charge in [-0.25, -0.2) is 0 Å². The molecule has 3 nitrogen and oxygen atoms in total. The highest BCUT2D eigenvalue weighted by Crippen LogP contribution is 2.02. The largest absolute Gasteiger partial charge is 0.375 e. The molecule has 0 aromatic heterocycles. The summed E-state index contributed by atoms with van der Waals surface area (Å²) in [7, 11) is 1.76. The average Bonchev–Trinajstić information content (AvgIpc) is 2.29. The number of benzene rings is 1. The van der Waals surface area contributed by atoms with Gasteiger partial charge in [0, 0.05) is 7.05 Å². The number of hydrogen-bond acceptors (Lipinski definition) is 3. The first kappa shape index (κ1) is 11.5. The molecule has 0 N–H and O–H groups in total. The Hall–Kier alpha value is -1.53. The fraction of sp³-hybridized carbons (Fsp3) is 0.417. The van der Waals surface area contributed by atoms with Crippen LogP contribution >= 0.6 is 0 Å². The first-order chi connectivity index (χ1) is 7.24. The molecule has 15 heavy (non-hydrogen) atoms. The van der Waals surface area contributed by atoms with Gasteiger partial charge in [0.2, 0.25) is 0 Å². The van der Waals surface area contributed by atoms with Crippen LogP contribution in [-0.2, 0) is 11.3 Å². The number of hydrogen-bond donors (Lipinski definition) is 0. The molecule has 0 saturated heterocycles. The van der Waals surface area contributed by atoms with E-state index in [1.54, 1.807) is 11.9 Å². The van der Waals surface area contributed by atoms with E-state index in [1.807, 2.05) is 37.3 Å². The summed E-state index contributed by atoms with van der Waals surface area (Å²) >= 11 is 0. The number of likely N-dealkylation sites (N-methyl/N-ethyl adjacent to an activating group) is 1. The van der Waals surface area contributed by atoms with Gasteiger partial charge in [-0.1, -0.05) is 30.3 Å². The molecule has 1 aromatic carbocycles. The lowest BCUT2D eigenvalue weighted by atomic mass is 10.2. The van der Waals surface area contributed by atoms with E-state index >= 15 is 0 Å². The van der Waals surface area contributed by atoms with Crippen molar-refractivity contribution in [3.05, 3.63) is 35.9 Å². The van der Waals surface area contributed by atoms with Gasteiger partial charge >= 0.3 is 0 Å². The van der Waals surface area contributed by atoms with Crippen molar-refractivity contribution in [3.63, 3.8) is 0 Å². The second-order valence-electron chi connectivity index (χ2n) is 3.56. The van der Waals surface area contributed by atoms with E-state index in [2.05, 4.69) is 6.19 Å². The lowest BCUT2D eigenvalue weighted by Gasteiger charge is -2.18. The Morgan fingerprint density at radius 2 is 2.07 bits per heavy atom. The van der Waals surface area contributed by atoms with Gasteiger partial charge in [0.1, 0.15) is 0 Å². The van der Waals surface area contributed by atoms with Gasteiger partial charge < -0.3 is 9.64 Å². The molecule has 0 aliphatic rings. The minimum Gasteiger partial charge on any atom is -0.375 e. The number of nitrogens with zero attached hydrogens (tertiary/aromatic N) is 2. The van der Waals surface area contributed by atoms with Gasteiger partial charge in [0.15, 0.2) is 6.19 Å². The number of rotatable bonds is 5. The molecule has 0 aliphatic carbocycles. The van der Waals surface area contributed by atoms with Crippen molar-refractivity contribution in [3.8, 4) is 6.19 Å². The monoisotopic (exact) mass is 204 g/mol. The summed E-state index contributed by atoms with van der Waals surface area (Å²) in [6, 6.07) is 10.1. The minimum absolute atomic E-state index is 0.124. The van der Waals surface area contributed by atoms with Crippen molar-refractivity contribution < 1.29 is 4.74 Å². The van der Waals surface area contributed by atoms with Gasteiger partial charge in [-0.05, 0) is 12.5 Å². The summed E-state index contributed by atoms with van der Waals surface area (Å²) < 4.78 is 5.51. The maximum absolute atomic E-state index is 8.64. The highest BCUT2D eigenvalue weighted by Gasteiger charge is 2.06. The summed E-state index contributed by atoms with van der Waals surface area (Å²) in [5.74, 6) is 0. The zero-order valence-electron chi connectivity index (χ0n) is 9.18. The molecule has 0 spiro atoms. The molecule has 0 bridgehead atoms. The van der Waals surface area contributed by atoms with Gasteiger partial charge in [-0.15, -0.1) is 0 Å². The van der Waals surface area contributed by atoms with E-state index in [9.17, 15) is 0 Å². The Morgan fingerprint density at radius 1 is 1.40 bits per heavy atom. The highest BCUT2D eigenvalue weighted by atomic mass is 16.5. The van der Waals surface area contributed by atoms with Crippen molar-refractivity contribution in [1.82, 2.24) is 4.90 Å². The Bertz CT molecular complexity index is 318. The van der Waals surface area contributed by atoms with Crippen LogP contribution in [-0.4, -0.2) is 24.6 Å². The maximum Gasteiger partial charge on any atom is 0.179 e. The summed E-state index contributed by atoms with van der Waals surface area (Å²) in [6.45, 7) is 3.14. The molecular weight excluding hydrogens is 188 g/mol. The van der Waals surface area contributed by atoms with Crippen LogP contribution in [0.2, 0.25) is 0 Å². The van der Waals surface area contributed by atoms with Crippen molar-refractivity contribution in [2.45, 2.75) is 19.6 Å². The maximum atomic E-state index is 8.64. The molecule has 0 aliphatic heterocycles. The SMILES string of the molecule is CC(COCc1ccccc1)N(C)C#N. The van der Waals surface area contributed by atoms with Crippen LogP contribution in [0.15, 0.2) is 30.3 Å². The average molecular weight is 204 g/mol. The van der Waals surface area contributed by atoms with E-state index in [-0.39, 0.29) is 6.04 Å². The molecule has 0 radical (unpaired) electrons. The second kappa shape index (κ2) is 6.05. The van der Waals surface area contributed by atoms with Crippen molar-refractivity contribution >= 4 is 0 Å². The molecule has 3 heteroatoms. The second-order valence-corrected chi connectivity index (χ2v) is 3.56. The molecule has 1 atom stereocenters. The normalized spacial score (nSPS) is 11.8. The lowest BCUT2D eigenvalue weighted by molar-refractivity contribution is 0.0823. The summed E-state index contributed by atoms with van der Waals surface area (Å²) in [6.07, 6.45) is 2.07. The van der Waals surface area contributed by atoms with Crippen molar-refractivity contribution in [2.24, 2.45) is 0 Å². The quantitative estimate of drug-likeness (QED) is 0.543. The van der Waals surface area contributed by atoms with E-state index in [1.165, 1.54) is 0 Å². The van der Waals surface area contributed by atoms with Crippen LogP contribution in [0.3, 0.4) is 0 Å². The van der Waals surface area contributed by atoms with Gasteiger partial charge in [-0.2, -0.15) is 5.26 Å². The predicted octanol–water partition coefficient (Wildman–Crippen LogP) is 2.00. The summed E-state index contributed by atoms with van der Waals surface area (Å²) in [5.41, 5.74) is 1.16. The molecule has 1 rings (SSSR count). The molecule has 1 aromatic rings. The van der Waals surface area contributed by atoms with Gasteiger partial charge in [0.25, 0.3) is 0 Å². The lowest BCUT2D eigenvalue weighted by Crippen LogP contribution is -2.28. The van der Waals surface area contributed by atoms with Gasteiger partial charge in [-0.3, -0.25) is 0 Å². The Labute approximate surface area is 90.9 Å². The van der Waals surface area contributed by atoms with Gasteiger partial charge in [0.05, 0.1) is 19.3 Å². The fourth-order valence-electron chi connectivity index (χ4n) is 1.13. The summed E-state index contributed by atoms with van der Waals surface area (Å²) in [5, 5.41) is 8.64. The fourth-order valence-corrected chi connectivity index (χ4v) is 1.13. The highest BCUT2D eigenvalue weighted by molar-refractivity contribution is 5.13. The van der Waals surface area contributed by atoms with Crippen LogP contribution < -0.4 is 0 Å². The Morgan fingerprint density at radius 3 is 2.67 bits per heavy atom. The zero-order valence-corrected chi connectivity index (χ0v) is 9.18. The topological polar surface area (TPSA) is 36.3 Å². The smallest absolute Gasteiger partial charge is 0.179 e. The predicted molar refractivity (Wildman–Crippen MR) is 58.9 cm³/mol. The molecule has 0 amide bonds. The third kappa shape index (κ3) is 4.01. The number of ether oxygens (including phenoxy) is 1. The van der Waals surface area contributed by atoms with Crippen LogP contribution in [0.5, 0.6) is 0 Å². The minimum atomic E-state index is 0.124. The Balaban J connectivity index is 2.26. The van der Waals surface area contributed by atoms with Crippen LogP contribution in [0.25, 0.3) is 0 Å². The Kier molecular flexibility index (Phi) is 4.65. The standard InChI is InChI=1S/C12H16N2O/c1-11(14(2)10-13)8-15-9-12-6-4-3-5-7-12/h3-7,11H,8-9H2,1-2H3.